The first-order valence-electron chi connectivity index (χ1n) is 11.7. The van der Waals surface area contributed by atoms with E-state index in [1.807, 2.05) is 79.4 Å². The first kappa shape index (κ1) is 23.4. The first-order chi connectivity index (χ1) is 16.6. The topological polar surface area (TPSA) is 79.4 Å². The van der Waals surface area contributed by atoms with Gasteiger partial charge in [0.2, 0.25) is 11.9 Å². The molecular formula is C27H31N5O2. The predicted octanol–water partition coefficient (Wildman–Crippen LogP) is 4.55. The van der Waals surface area contributed by atoms with E-state index in [-0.39, 0.29) is 11.9 Å². The number of hydrogen-bond acceptors (Lipinski definition) is 6. The van der Waals surface area contributed by atoms with Crippen molar-refractivity contribution in [2.24, 2.45) is 0 Å². The number of anilines is 2. The fourth-order valence-electron chi connectivity index (χ4n) is 3.64. The number of nitrogens with one attached hydrogen (secondary N) is 2. The van der Waals surface area contributed by atoms with Gasteiger partial charge in [-0.15, -0.1) is 0 Å². The first-order valence-corrected chi connectivity index (χ1v) is 11.7. The molecule has 0 atom stereocenters. The average Bonchev–Trinajstić information content (AvgIpc) is 2.84. The van der Waals surface area contributed by atoms with Crippen LogP contribution >= 0.6 is 0 Å². The summed E-state index contributed by atoms with van der Waals surface area (Å²) >= 11 is 0. The monoisotopic (exact) mass is 457 g/mol. The lowest BCUT2D eigenvalue weighted by Gasteiger charge is -2.23. The maximum absolute atomic E-state index is 12.9. The molecule has 7 heteroatoms. The summed E-state index contributed by atoms with van der Waals surface area (Å²) < 4.78 is 5.94. The maximum Gasteiger partial charge on any atom is 0.237 e. The van der Waals surface area contributed by atoms with Crippen LogP contribution in [-0.4, -0.2) is 46.5 Å². The van der Waals surface area contributed by atoms with Crippen molar-refractivity contribution in [3.05, 3.63) is 78.5 Å². The molecule has 0 spiro atoms. The Balaban J connectivity index is 1.62. The standard InChI is InChI=1S/C27H31N5O2/c1-20(2)29-18-26(33)32-14-4-3-5-15-34-24-11-7-9-22(17-24)25-12-13-28-27(31-25)30-23-10-6-8-21(16-23)19-32/h3-4,6-13,16-17,20,29H,5,14-15,18-19H2,1-2H3,(H,28,30,31). The fourth-order valence-corrected chi connectivity index (χ4v) is 3.64. The van der Waals surface area contributed by atoms with Gasteiger partial charge in [0, 0.05) is 36.6 Å². The third-order valence-electron chi connectivity index (χ3n) is 5.40. The second-order valence-corrected chi connectivity index (χ2v) is 8.54. The van der Waals surface area contributed by atoms with Crippen molar-refractivity contribution in [2.75, 3.05) is 25.0 Å². The van der Waals surface area contributed by atoms with Crippen molar-refractivity contribution in [2.45, 2.75) is 32.9 Å². The van der Waals surface area contributed by atoms with Gasteiger partial charge >= 0.3 is 0 Å². The summed E-state index contributed by atoms with van der Waals surface area (Å²) in [7, 11) is 0. The molecule has 34 heavy (non-hydrogen) atoms. The molecule has 0 saturated heterocycles. The second-order valence-electron chi connectivity index (χ2n) is 8.54. The van der Waals surface area contributed by atoms with Crippen LogP contribution in [0, 0.1) is 0 Å². The lowest BCUT2D eigenvalue weighted by molar-refractivity contribution is -0.130. The molecule has 0 saturated carbocycles. The predicted molar refractivity (Wildman–Crippen MR) is 135 cm³/mol. The van der Waals surface area contributed by atoms with E-state index < -0.39 is 0 Å². The Morgan fingerprint density at radius 1 is 1.15 bits per heavy atom. The highest BCUT2D eigenvalue weighted by molar-refractivity contribution is 5.78. The zero-order chi connectivity index (χ0) is 23.8. The van der Waals surface area contributed by atoms with Gasteiger partial charge in [0.25, 0.3) is 0 Å². The second kappa shape index (κ2) is 11.4. The maximum atomic E-state index is 12.9. The summed E-state index contributed by atoms with van der Waals surface area (Å²) in [6, 6.07) is 18.1. The van der Waals surface area contributed by atoms with Gasteiger partial charge in [-0.2, -0.15) is 0 Å². The van der Waals surface area contributed by atoms with Crippen LogP contribution in [0.1, 0.15) is 25.8 Å². The molecular weight excluding hydrogens is 426 g/mol. The Kier molecular flexibility index (Phi) is 7.88. The molecule has 7 nitrogen and oxygen atoms in total. The van der Waals surface area contributed by atoms with Gasteiger partial charge < -0.3 is 20.3 Å². The van der Waals surface area contributed by atoms with Crippen LogP contribution in [0.5, 0.6) is 5.75 Å². The highest BCUT2D eigenvalue weighted by atomic mass is 16.5. The number of aromatic nitrogens is 2. The Hall–Kier alpha value is -3.71. The number of carbonyl (C=O) groups excluding carboxylic acids is 1. The highest BCUT2D eigenvalue weighted by Gasteiger charge is 2.14. The Bertz CT molecular complexity index is 1150. The largest absolute Gasteiger partial charge is 0.493 e. The molecule has 0 aliphatic carbocycles. The Labute approximate surface area is 200 Å². The minimum atomic E-state index is 0.0650. The number of nitrogens with zero attached hydrogens (tertiary/aromatic N) is 3. The smallest absolute Gasteiger partial charge is 0.237 e. The molecule has 4 rings (SSSR count). The molecule has 0 unspecified atom stereocenters. The Morgan fingerprint density at radius 3 is 2.91 bits per heavy atom. The molecule has 176 valence electrons. The van der Waals surface area contributed by atoms with Crippen LogP contribution in [0.3, 0.4) is 0 Å². The van der Waals surface area contributed by atoms with Crippen LogP contribution in [-0.2, 0) is 11.3 Å². The van der Waals surface area contributed by atoms with Crippen LogP contribution in [0.25, 0.3) is 11.3 Å². The van der Waals surface area contributed by atoms with Crippen LogP contribution in [0.2, 0.25) is 0 Å². The van der Waals surface area contributed by atoms with Crippen molar-refractivity contribution in [3.8, 4) is 17.0 Å². The molecule has 6 bridgehead atoms. The van der Waals surface area contributed by atoms with Gasteiger partial charge in [-0.3, -0.25) is 4.79 Å². The van der Waals surface area contributed by atoms with Crippen molar-refractivity contribution < 1.29 is 9.53 Å². The van der Waals surface area contributed by atoms with Gasteiger partial charge in [0.15, 0.2) is 0 Å². The van der Waals surface area contributed by atoms with E-state index >= 15 is 0 Å². The van der Waals surface area contributed by atoms with E-state index in [2.05, 4.69) is 26.7 Å². The molecule has 0 radical (unpaired) electrons. The van der Waals surface area contributed by atoms with Gasteiger partial charge in [-0.1, -0.05) is 50.3 Å². The number of rotatable bonds is 3. The van der Waals surface area contributed by atoms with Crippen LogP contribution in [0.4, 0.5) is 11.6 Å². The van der Waals surface area contributed by atoms with Crippen molar-refractivity contribution in [1.82, 2.24) is 20.2 Å². The molecule has 1 amide bonds. The van der Waals surface area contributed by atoms with Gasteiger partial charge in [-0.25, -0.2) is 9.97 Å². The number of carbonyl (C=O) groups is 1. The van der Waals surface area contributed by atoms with Gasteiger partial charge in [-0.05, 0) is 42.3 Å². The number of benzene rings is 2. The van der Waals surface area contributed by atoms with Gasteiger partial charge in [0.1, 0.15) is 5.75 Å². The summed E-state index contributed by atoms with van der Waals surface area (Å²) in [6.45, 7) is 5.99. The van der Waals surface area contributed by atoms with Crippen LogP contribution in [0.15, 0.2) is 72.9 Å². The van der Waals surface area contributed by atoms with Crippen LogP contribution < -0.4 is 15.4 Å². The molecule has 2 N–H and O–H groups in total. The fraction of sp³-hybridized carbons (Fsp3) is 0.296. The molecule has 2 aromatic carbocycles. The minimum absolute atomic E-state index is 0.0650. The lowest BCUT2D eigenvalue weighted by Crippen LogP contribution is -2.40. The summed E-state index contributed by atoms with van der Waals surface area (Å²) in [5, 5.41) is 6.52. The third kappa shape index (κ3) is 6.65. The summed E-state index contributed by atoms with van der Waals surface area (Å²) in [5.41, 5.74) is 3.69. The Morgan fingerprint density at radius 2 is 2.03 bits per heavy atom. The zero-order valence-corrected chi connectivity index (χ0v) is 19.7. The SMILES string of the molecule is CC(C)NCC(=O)N1CC=CCCOc2cccc(c2)-c2ccnc(n2)Nc2cccc(c2)C1. The molecule has 2 heterocycles. The molecule has 1 aliphatic heterocycles. The number of amides is 1. The average molecular weight is 458 g/mol. The molecule has 1 aliphatic rings. The minimum Gasteiger partial charge on any atom is -0.493 e. The quantitative estimate of drug-likeness (QED) is 0.562. The number of ether oxygens (including phenoxy) is 1. The third-order valence-corrected chi connectivity index (χ3v) is 5.40. The van der Waals surface area contributed by atoms with E-state index in [9.17, 15) is 4.79 Å². The molecule has 0 fully saturated rings. The van der Waals surface area contributed by atoms with E-state index in [0.29, 0.717) is 32.2 Å². The van der Waals surface area contributed by atoms with E-state index in [1.165, 1.54) is 0 Å². The summed E-state index contributed by atoms with van der Waals surface area (Å²) in [5.74, 6) is 1.37. The summed E-state index contributed by atoms with van der Waals surface area (Å²) in [4.78, 5) is 23.8. The normalized spacial score (nSPS) is 14.0. The molecule has 1 aromatic heterocycles. The zero-order valence-electron chi connectivity index (χ0n) is 19.7. The summed E-state index contributed by atoms with van der Waals surface area (Å²) in [6.07, 6.45) is 6.61. The number of hydrogen-bond donors (Lipinski definition) is 2. The van der Waals surface area contributed by atoms with Crippen molar-refractivity contribution in [1.29, 1.82) is 0 Å². The van der Waals surface area contributed by atoms with E-state index in [0.717, 1.165) is 34.7 Å². The highest BCUT2D eigenvalue weighted by Crippen LogP contribution is 2.24. The van der Waals surface area contributed by atoms with Gasteiger partial charge in [0.05, 0.1) is 18.8 Å². The van der Waals surface area contributed by atoms with E-state index in [1.54, 1.807) is 6.20 Å². The van der Waals surface area contributed by atoms with E-state index in [4.69, 9.17) is 4.74 Å². The number of fused-ring (bicyclic) bond motifs is 7. The van der Waals surface area contributed by atoms with Crippen molar-refractivity contribution >= 4 is 17.5 Å². The van der Waals surface area contributed by atoms with Crippen molar-refractivity contribution in [3.63, 3.8) is 0 Å². The molecule has 3 aromatic rings. The lowest BCUT2D eigenvalue weighted by atomic mass is 10.1.